The maximum Gasteiger partial charge on any atom is 0.186 e. The summed E-state index contributed by atoms with van der Waals surface area (Å²) in [5.74, 6) is 0. The molecule has 0 unspecified atom stereocenters. The number of fused-ring (bicyclic) bond motifs is 1. The summed E-state index contributed by atoms with van der Waals surface area (Å²) in [4.78, 5) is 13.7. The van der Waals surface area contributed by atoms with Crippen LogP contribution < -0.4 is 9.80 Å². The van der Waals surface area contributed by atoms with Gasteiger partial charge >= 0.3 is 0 Å². The monoisotopic (exact) mass is 310 g/mol. The summed E-state index contributed by atoms with van der Waals surface area (Å²) < 4.78 is 1.21. The van der Waals surface area contributed by atoms with E-state index in [4.69, 9.17) is 4.98 Å². The molecule has 3 heterocycles. The number of hydrogen-bond acceptors (Lipinski definition) is 5. The molecule has 2 aromatic heterocycles. The molecule has 1 aliphatic heterocycles. The molecular formula is C17H18N4S. The summed E-state index contributed by atoms with van der Waals surface area (Å²) in [5.41, 5.74) is 3.71. The van der Waals surface area contributed by atoms with Gasteiger partial charge in [-0.1, -0.05) is 29.5 Å². The van der Waals surface area contributed by atoms with Crippen molar-refractivity contribution in [3.63, 3.8) is 0 Å². The van der Waals surface area contributed by atoms with Gasteiger partial charge in [-0.15, -0.1) is 0 Å². The fourth-order valence-electron chi connectivity index (χ4n) is 2.96. The van der Waals surface area contributed by atoms with Crippen LogP contribution in [0.3, 0.4) is 0 Å². The van der Waals surface area contributed by atoms with E-state index in [0.29, 0.717) is 0 Å². The Balaban J connectivity index is 1.51. The van der Waals surface area contributed by atoms with E-state index in [9.17, 15) is 0 Å². The van der Waals surface area contributed by atoms with Gasteiger partial charge in [-0.2, -0.15) is 0 Å². The van der Waals surface area contributed by atoms with Crippen LogP contribution in [-0.4, -0.2) is 36.1 Å². The van der Waals surface area contributed by atoms with Gasteiger partial charge in [0.25, 0.3) is 0 Å². The average Bonchev–Trinajstić information content (AvgIpc) is 2.99. The number of hydrogen-bond donors (Lipinski definition) is 0. The predicted molar refractivity (Wildman–Crippen MR) is 93.0 cm³/mol. The highest BCUT2D eigenvalue weighted by molar-refractivity contribution is 7.22. The van der Waals surface area contributed by atoms with Gasteiger partial charge in [-0.05, 0) is 24.6 Å². The fourth-order valence-corrected chi connectivity index (χ4v) is 3.94. The predicted octanol–water partition coefficient (Wildman–Crippen LogP) is 3.33. The van der Waals surface area contributed by atoms with Gasteiger partial charge < -0.3 is 9.80 Å². The lowest BCUT2D eigenvalue weighted by atomic mass is 10.1. The Morgan fingerprint density at radius 1 is 1.00 bits per heavy atom. The van der Waals surface area contributed by atoms with E-state index >= 15 is 0 Å². The lowest BCUT2D eigenvalue weighted by Crippen LogP contribution is -2.46. The molecule has 0 aliphatic carbocycles. The Kier molecular flexibility index (Phi) is 3.42. The highest BCUT2D eigenvalue weighted by Gasteiger charge is 2.20. The maximum absolute atomic E-state index is 4.72. The normalized spacial score (nSPS) is 15.5. The Hall–Kier alpha value is -2.14. The van der Waals surface area contributed by atoms with Crippen LogP contribution in [0.25, 0.3) is 10.2 Å². The van der Waals surface area contributed by atoms with Crippen LogP contribution in [0.2, 0.25) is 0 Å². The number of benzene rings is 1. The van der Waals surface area contributed by atoms with Crippen molar-refractivity contribution in [2.75, 3.05) is 36.0 Å². The molecule has 1 fully saturated rings. The Morgan fingerprint density at radius 3 is 2.55 bits per heavy atom. The number of aryl methyl sites for hydroxylation is 1. The van der Waals surface area contributed by atoms with Crippen LogP contribution in [-0.2, 0) is 0 Å². The third kappa shape index (κ3) is 2.41. The number of rotatable bonds is 2. The van der Waals surface area contributed by atoms with Crippen molar-refractivity contribution < 1.29 is 0 Å². The van der Waals surface area contributed by atoms with Crippen LogP contribution in [0.5, 0.6) is 0 Å². The average molecular weight is 310 g/mol. The number of nitrogens with zero attached hydrogens (tertiary/aromatic N) is 4. The molecule has 0 amide bonds. The van der Waals surface area contributed by atoms with Gasteiger partial charge in [0.1, 0.15) is 5.52 Å². The molecular weight excluding hydrogens is 292 g/mol. The third-order valence-electron chi connectivity index (χ3n) is 4.18. The highest BCUT2D eigenvalue weighted by Crippen LogP contribution is 2.29. The molecule has 112 valence electrons. The first-order chi connectivity index (χ1) is 10.8. The molecule has 1 aromatic carbocycles. The zero-order chi connectivity index (χ0) is 14.9. The second-order valence-electron chi connectivity index (χ2n) is 5.60. The largest absolute Gasteiger partial charge is 0.368 e. The first-order valence-corrected chi connectivity index (χ1v) is 8.39. The smallest absolute Gasteiger partial charge is 0.186 e. The maximum atomic E-state index is 4.72. The number of thiazole rings is 1. The molecule has 0 N–H and O–H groups in total. The molecule has 0 radical (unpaired) electrons. The van der Waals surface area contributed by atoms with Gasteiger partial charge in [-0.25, -0.2) is 4.98 Å². The Bertz CT molecular complexity index is 757. The molecule has 3 aromatic rings. The molecule has 4 nitrogen and oxygen atoms in total. The summed E-state index contributed by atoms with van der Waals surface area (Å²) in [7, 11) is 0. The number of para-hydroxylation sites is 1. The third-order valence-corrected chi connectivity index (χ3v) is 5.28. The van der Waals surface area contributed by atoms with E-state index in [0.717, 1.165) is 36.8 Å². The molecule has 0 saturated carbocycles. The molecule has 0 bridgehead atoms. The van der Waals surface area contributed by atoms with Crippen molar-refractivity contribution in [2.45, 2.75) is 6.92 Å². The number of piperazine rings is 1. The lowest BCUT2D eigenvalue weighted by molar-refractivity contribution is 0.651. The zero-order valence-electron chi connectivity index (χ0n) is 12.6. The van der Waals surface area contributed by atoms with Crippen LogP contribution in [0.4, 0.5) is 10.8 Å². The van der Waals surface area contributed by atoms with Crippen LogP contribution in [0.15, 0.2) is 42.7 Å². The zero-order valence-corrected chi connectivity index (χ0v) is 13.4. The fraction of sp³-hybridized carbons (Fsp3) is 0.294. The minimum atomic E-state index is 1.00. The second kappa shape index (κ2) is 5.57. The van der Waals surface area contributed by atoms with E-state index in [1.807, 2.05) is 18.5 Å². The Labute approximate surface area is 134 Å². The first kappa shape index (κ1) is 13.5. The summed E-state index contributed by atoms with van der Waals surface area (Å²) in [6.07, 6.45) is 3.68. The lowest BCUT2D eigenvalue weighted by Gasteiger charge is -2.36. The quantitative estimate of drug-likeness (QED) is 0.727. The minimum absolute atomic E-state index is 1.00. The van der Waals surface area contributed by atoms with Crippen LogP contribution in [0.1, 0.15) is 5.56 Å². The SMILES string of the molecule is Cc1ccccc1N1CCN(c2nc3cnccc3s2)CC1. The van der Waals surface area contributed by atoms with Crippen molar-refractivity contribution >= 4 is 32.4 Å². The van der Waals surface area contributed by atoms with Crippen molar-refractivity contribution in [1.82, 2.24) is 9.97 Å². The number of anilines is 2. The summed E-state index contributed by atoms with van der Waals surface area (Å²) in [6, 6.07) is 10.7. The van der Waals surface area contributed by atoms with Crippen molar-refractivity contribution in [3.8, 4) is 0 Å². The van der Waals surface area contributed by atoms with Gasteiger partial charge in [0.2, 0.25) is 0 Å². The molecule has 0 atom stereocenters. The summed E-state index contributed by atoms with van der Waals surface area (Å²) >= 11 is 1.76. The van der Waals surface area contributed by atoms with Gasteiger partial charge in [-0.3, -0.25) is 4.98 Å². The molecule has 22 heavy (non-hydrogen) atoms. The van der Waals surface area contributed by atoms with E-state index < -0.39 is 0 Å². The van der Waals surface area contributed by atoms with E-state index in [2.05, 4.69) is 46.0 Å². The standard InChI is InChI=1S/C17H18N4S/c1-13-4-2-3-5-15(13)20-8-10-21(11-9-20)17-19-14-12-18-7-6-16(14)22-17/h2-7,12H,8-11H2,1H3. The van der Waals surface area contributed by atoms with E-state index in [1.165, 1.54) is 16.0 Å². The van der Waals surface area contributed by atoms with Gasteiger partial charge in [0, 0.05) is 38.1 Å². The second-order valence-corrected chi connectivity index (χ2v) is 6.61. The van der Waals surface area contributed by atoms with Gasteiger partial charge in [0.15, 0.2) is 5.13 Å². The molecule has 1 aliphatic rings. The molecule has 5 heteroatoms. The number of pyridine rings is 1. The Morgan fingerprint density at radius 2 is 1.77 bits per heavy atom. The first-order valence-electron chi connectivity index (χ1n) is 7.57. The van der Waals surface area contributed by atoms with Gasteiger partial charge in [0.05, 0.1) is 10.9 Å². The van der Waals surface area contributed by atoms with E-state index in [-0.39, 0.29) is 0 Å². The molecule has 0 spiro atoms. The summed E-state index contributed by atoms with van der Waals surface area (Å²) in [6.45, 7) is 6.30. The summed E-state index contributed by atoms with van der Waals surface area (Å²) in [5, 5.41) is 1.12. The highest BCUT2D eigenvalue weighted by atomic mass is 32.1. The van der Waals surface area contributed by atoms with Crippen molar-refractivity contribution in [2.24, 2.45) is 0 Å². The topological polar surface area (TPSA) is 32.3 Å². The molecule has 4 rings (SSSR count). The van der Waals surface area contributed by atoms with Crippen molar-refractivity contribution in [1.29, 1.82) is 0 Å². The van der Waals surface area contributed by atoms with Crippen LogP contribution in [0, 0.1) is 6.92 Å². The molecule has 1 saturated heterocycles. The van der Waals surface area contributed by atoms with E-state index in [1.54, 1.807) is 11.3 Å². The minimum Gasteiger partial charge on any atom is -0.368 e. The van der Waals surface area contributed by atoms with Crippen molar-refractivity contribution in [3.05, 3.63) is 48.3 Å². The number of aromatic nitrogens is 2. The van der Waals surface area contributed by atoms with Crippen LogP contribution >= 0.6 is 11.3 Å².